The number of piperidine rings is 1. The maximum Gasteiger partial charge on any atom is 0.240 e. The predicted octanol–water partition coefficient (Wildman–Crippen LogP) is 3.53. The minimum Gasteiger partial charge on any atom is -0.340 e. The molecule has 1 aliphatic carbocycles. The first kappa shape index (κ1) is 21.6. The van der Waals surface area contributed by atoms with Gasteiger partial charge in [-0.3, -0.25) is 14.5 Å². The molecule has 0 bridgehead atoms. The predicted molar refractivity (Wildman–Crippen MR) is 113 cm³/mol. The number of nitrogens with zero attached hydrogens (tertiary/aromatic N) is 3. The van der Waals surface area contributed by atoms with Crippen molar-refractivity contribution in [2.45, 2.75) is 91.1 Å². The van der Waals surface area contributed by atoms with Gasteiger partial charge < -0.3 is 9.80 Å². The molecule has 28 heavy (non-hydrogen) atoms. The molecule has 0 aromatic rings. The Morgan fingerprint density at radius 3 is 2.07 bits per heavy atom. The van der Waals surface area contributed by atoms with E-state index in [0.717, 1.165) is 45.6 Å². The second-order valence-corrected chi connectivity index (χ2v) is 10.5. The summed E-state index contributed by atoms with van der Waals surface area (Å²) in [4.78, 5) is 32.8. The molecule has 3 rings (SSSR count). The van der Waals surface area contributed by atoms with Crippen LogP contribution in [0.5, 0.6) is 0 Å². The fraction of sp³-hybridized carbons (Fsp3) is 0.913. The van der Waals surface area contributed by atoms with Gasteiger partial charge in [0.15, 0.2) is 0 Å². The lowest BCUT2D eigenvalue weighted by Gasteiger charge is -2.44. The van der Waals surface area contributed by atoms with Gasteiger partial charge in [-0.15, -0.1) is 0 Å². The Morgan fingerprint density at radius 2 is 1.50 bits per heavy atom. The van der Waals surface area contributed by atoms with E-state index in [0.29, 0.717) is 24.3 Å². The van der Waals surface area contributed by atoms with Gasteiger partial charge in [0.25, 0.3) is 0 Å². The van der Waals surface area contributed by atoms with Gasteiger partial charge in [0.1, 0.15) is 0 Å². The Kier molecular flexibility index (Phi) is 7.06. The van der Waals surface area contributed by atoms with Crippen molar-refractivity contribution in [1.82, 2.24) is 14.7 Å². The number of likely N-dealkylation sites (tertiary alicyclic amines) is 1. The SMILES string of the molecule is C[C@@H]1CCCCN1C(=O)[C@H](C1CCCC1)N1CCN(C(=O)CC(C)(C)C)CC1. The third-order valence-corrected chi connectivity index (χ3v) is 6.93. The molecular formula is C23H41N3O2. The van der Waals surface area contributed by atoms with E-state index in [4.69, 9.17) is 0 Å². The maximum atomic E-state index is 13.6. The molecule has 0 spiro atoms. The minimum absolute atomic E-state index is 0.0287. The molecule has 0 aromatic heterocycles. The smallest absolute Gasteiger partial charge is 0.240 e. The fourth-order valence-electron chi connectivity index (χ4n) is 5.34. The first-order valence-corrected chi connectivity index (χ1v) is 11.6. The summed E-state index contributed by atoms with van der Waals surface area (Å²) in [5, 5.41) is 0. The molecule has 3 fully saturated rings. The lowest BCUT2D eigenvalue weighted by Crippen LogP contribution is -2.60. The van der Waals surface area contributed by atoms with Crippen LogP contribution in [0.15, 0.2) is 0 Å². The first-order chi connectivity index (χ1) is 13.3. The standard InChI is InChI=1S/C23H41N3O2/c1-18-9-7-8-12-26(18)22(28)21(19-10-5-6-11-19)25-15-13-24(14-16-25)20(27)17-23(2,3)4/h18-19,21H,5-17H2,1-4H3/t18-,21+/m1/s1. The van der Waals surface area contributed by atoms with Gasteiger partial charge in [-0.25, -0.2) is 0 Å². The van der Waals surface area contributed by atoms with Crippen LogP contribution in [-0.4, -0.2) is 71.3 Å². The van der Waals surface area contributed by atoms with E-state index in [9.17, 15) is 9.59 Å². The highest BCUT2D eigenvalue weighted by Gasteiger charge is 2.40. The summed E-state index contributed by atoms with van der Waals surface area (Å²) < 4.78 is 0. The van der Waals surface area contributed by atoms with Crippen molar-refractivity contribution in [3.8, 4) is 0 Å². The van der Waals surface area contributed by atoms with Crippen LogP contribution in [0.3, 0.4) is 0 Å². The molecule has 1 saturated carbocycles. The van der Waals surface area contributed by atoms with Crippen molar-refractivity contribution in [2.75, 3.05) is 32.7 Å². The summed E-state index contributed by atoms with van der Waals surface area (Å²) in [6.07, 6.45) is 9.00. The number of piperazine rings is 1. The quantitative estimate of drug-likeness (QED) is 0.736. The average Bonchev–Trinajstić information content (AvgIpc) is 3.15. The number of carbonyl (C=O) groups excluding carboxylic acids is 2. The molecule has 2 heterocycles. The van der Waals surface area contributed by atoms with Crippen molar-refractivity contribution >= 4 is 11.8 Å². The zero-order chi connectivity index (χ0) is 20.3. The summed E-state index contributed by atoms with van der Waals surface area (Å²) in [5.41, 5.74) is 0.0287. The molecular weight excluding hydrogens is 350 g/mol. The Labute approximate surface area is 171 Å². The molecule has 0 aromatic carbocycles. The van der Waals surface area contributed by atoms with E-state index in [1.54, 1.807) is 0 Å². The minimum atomic E-state index is 0.0287. The van der Waals surface area contributed by atoms with E-state index in [1.807, 2.05) is 4.90 Å². The number of amides is 2. The van der Waals surface area contributed by atoms with Gasteiger partial charge in [-0.05, 0) is 50.4 Å². The van der Waals surface area contributed by atoms with Gasteiger partial charge in [0.05, 0.1) is 6.04 Å². The number of carbonyl (C=O) groups is 2. The summed E-state index contributed by atoms with van der Waals surface area (Å²) in [6.45, 7) is 12.7. The molecule has 0 unspecified atom stereocenters. The van der Waals surface area contributed by atoms with Crippen LogP contribution in [0, 0.1) is 11.3 Å². The molecule has 0 N–H and O–H groups in total. The van der Waals surface area contributed by atoms with Crippen LogP contribution in [0.25, 0.3) is 0 Å². The normalized spacial score (nSPS) is 26.5. The Hall–Kier alpha value is -1.10. The molecule has 5 heteroatoms. The van der Waals surface area contributed by atoms with Crippen molar-refractivity contribution in [3.63, 3.8) is 0 Å². The third-order valence-electron chi connectivity index (χ3n) is 6.93. The topological polar surface area (TPSA) is 43.9 Å². The van der Waals surface area contributed by atoms with Gasteiger partial charge in [0, 0.05) is 45.2 Å². The van der Waals surface area contributed by atoms with E-state index >= 15 is 0 Å². The Morgan fingerprint density at radius 1 is 0.893 bits per heavy atom. The average molecular weight is 392 g/mol. The lowest BCUT2D eigenvalue weighted by atomic mass is 9.91. The van der Waals surface area contributed by atoms with E-state index in [-0.39, 0.29) is 17.4 Å². The van der Waals surface area contributed by atoms with Crippen LogP contribution in [-0.2, 0) is 9.59 Å². The molecule has 2 aliphatic heterocycles. The molecule has 0 radical (unpaired) electrons. The molecule has 2 saturated heterocycles. The van der Waals surface area contributed by atoms with Crippen LogP contribution < -0.4 is 0 Å². The van der Waals surface area contributed by atoms with E-state index in [1.165, 1.54) is 32.1 Å². The fourth-order valence-corrected chi connectivity index (χ4v) is 5.34. The highest BCUT2D eigenvalue weighted by Crippen LogP contribution is 2.33. The first-order valence-electron chi connectivity index (χ1n) is 11.6. The van der Waals surface area contributed by atoms with Gasteiger partial charge in [0.2, 0.25) is 11.8 Å². The van der Waals surface area contributed by atoms with E-state index < -0.39 is 0 Å². The second kappa shape index (κ2) is 9.15. The zero-order valence-electron chi connectivity index (χ0n) is 18.6. The van der Waals surface area contributed by atoms with Crippen molar-refractivity contribution in [3.05, 3.63) is 0 Å². The second-order valence-electron chi connectivity index (χ2n) is 10.5. The third kappa shape index (κ3) is 5.28. The van der Waals surface area contributed by atoms with Crippen LogP contribution in [0.2, 0.25) is 0 Å². The molecule has 3 aliphatic rings. The summed E-state index contributed by atoms with van der Waals surface area (Å²) in [7, 11) is 0. The Bertz CT molecular complexity index is 543. The number of hydrogen-bond acceptors (Lipinski definition) is 3. The largest absolute Gasteiger partial charge is 0.340 e. The van der Waals surface area contributed by atoms with Crippen molar-refractivity contribution in [1.29, 1.82) is 0 Å². The van der Waals surface area contributed by atoms with Crippen LogP contribution in [0.4, 0.5) is 0 Å². The monoisotopic (exact) mass is 391 g/mol. The highest BCUT2D eigenvalue weighted by atomic mass is 16.2. The van der Waals surface area contributed by atoms with Gasteiger partial charge in [-0.2, -0.15) is 0 Å². The van der Waals surface area contributed by atoms with E-state index in [2.05, 4.69) is 37.5 Å². The van der Waals surface area contributed by atoms with Gasteiger partial charge in [-0.1, -0.05) is 33.6 Å². The van der Waals surface area contributed by atoms with Crippen LogP contribution >= 0.6 is 0 Å². The molecule has 2 atom stereocenters. The highest BCUT2D eigenvalue weighted by molar-refractivity contribution is 5.83. The van der Waals surface area contributed by atoms with Crippen molar-refractivity contribution < 1.29 is 9.59 Å². The van der Waals surface area contributed by atoms with Crippen molar-refractivity contribution in [2.24, 2.45) is 11.3 Å². The number of rotatable bonds is 4. The number of hydrogen-bond donors (Lipinski definition) is 0. The van der Waals surface area contributed by atoms with Crippen LogP contribution in [0.1, 0.15) is 79.1 Å². The summed E-state index contributed by atoms with van der Waals surface area (Å²) in [6, 6.07) is 0.405. The molecule has 2 amide bonds. The maximum absolute atomic E-state index is 13.6. The zero-order valence-corrected chi connectivity index (χ0v) is 18.6. The summed E-state index contributed by atoms with van der Waals surface area (Å²) in [5.74, 6) is 1.13. The lowest BCUT2D eigenvalue weighted by molar-refractivity contribution is -0.144. The molecule has 5 nitrogen and oxygen atoms in total. The van der Waals surface area contributed by atoms with Gasteiger partial charge >= 0.3 is 0 Å². The molecule has 160 valence electrons. The Balaban J connectivity index is 1.65. The summed E-state index contributed by atoms with van der Waals surface area (Å²) >= 11 is 0.